The van der Waals surface area contributed by atoms with Crippen molar-refractivity contribution in [1.82, 2.24) is 0 Å². The SMILES string of the molecule is Cc1cccc(NCC(=O)OC(C)(C)C)c1C#N. The van der Waals surface area contributed by atoms with E-state index in [-0.39, 0.29) is 12.5 Å². The number of ether oxygens (including phenoxy) is 1. The van der Waals surface area contributed by atoms with Crippen molar-refractivity contribution in [2.75, 3.05) is 11.9 Å². The molecule has 96 valence electrons. The maximum absolute atomic E-state index is 11.5. The Kier molecular flexibility index (Phi) is 4.33. The monoisotopic (exact) mass is 246 g/mol. The number of aryl methyl sites for hydroxylation is 1. The van der Waals surface area contributed by atoms with Crippen LogP contribution in [0.5, 0.6) is 0 Å². The first-order valence-electron chi connectivity index (χ1n) is 5.79. The van der Waals surface area contributed by atoms with Crippen LogP contribution in [0.25, 0.3) is 0 Å². The highest BCUT2D eigenvalue weighted by molar-refractivity contribution is 5.76. The lowest BCUT2D eigenvalue weighted by atomic mass is 10.1. The molecule has 0 radical (unpaired) electrons. The van der Waals surface area contributed by atoms with Crippen molar-refractivity contribution in [3.05, 3.63) is 29.3 Å². The van der Waals surface area contributed by atoms with Gasteiger partial charge < -0.3 is 10.1 Å². The highest BCUT2D eigenvalue weighted by atomic mass is 16.6. The number of anilines is 1. The van der Waals surface area contributed by atoms with E-state index in [0.29, 0.717) is 11.3 Å². The maximum atomic E-state index is 11.5. The van der Waals surface area contributed by atoms with E-state index in [1.165, 1.54) is 0 Å². The fourth-order valence-corrected chi connectivity index (χ4v) is 1.51. The normalized spacial score (nSPS) is 10.6. The summed E-state index contributed by atoms with van der Waals surface area (Å²) in [5.74, 6) is -0.340. The van der Waals surface area contributed by atoms with Gasteiger partial charge in [0, 0.05) is 0 Å². The summed E-state index contributed by atoms with van der Waals surface area (Å²) in [6.07, 6.45) is 0. The zero-order chi connectivity index (χ0) is 13.8. The topological polar surface area (TPSA) is 62.1 Å². The molecule has 1 aromatic carbocycles. The van der Waals surface area contributed by atoms with Crippen LogP contribution in [-0.2, 0) is 9.53 Å². The molecule has 0 aliphatic rings. The maximum Gasteiger partial charge on any atom is 0.325 e. The molecule has 0 spiro atoms. The summed E-state index contributed by atoms with van der Waals surface area (Å²) in [4.78, 5) is 11.5. The van der Waals surface area contributed by atoms with Crippen molar-refractivity contribution in [1.29, 1.82) is 5.26 Å². The predicted octanol–water partition coefficient (Wildman–Crippen LogP) is 2.62. The third kappa shape index (κ3) is 4.10. The van der Waals surface area contributed by atoms with Crippen LogP contribution in [0.4, 0.5) is 5.69 Å². The minimum absolute atomic E-state index is 0.0510. The summed E-state index contributed by atoms with van der Waals surface area (Å²) < 4.78 is 5.18. The minimum atomic E-state index is -0.497. The van der Waals surface area contributed by atoms with Crippen LogP contribution in [0.1, 0.15) is 31.9 Å². The Morgan fingerprint density at radius 1 is 1.44 bits per heavy atom. The first-order chi connectivity index (χ1) is 8.33. The van der Waals surface area contributed by atoms with E-state index in [1.807, 2.05) is 39.8 Å². The number of benzene rings is 1. The quantitative estimate of drug-likeness (QED) is 0.833. The molecule has 1 aromatic rings. The van der Waals surface area contributed by atoms with E-state index in [9.17, 15) is 4.79 Å². The van der Waals surface area contributed by atoms with Gasteiger partial charge in [0.25, 0.3) is 0 Å². The summed E-state index contributed by atoms with van der Waals surface area (Å²) in [5.41, 5.74) is 1.60. The van der Waals surface area contributed by atoms with Gasteiger partial charge in [-0.2, -0.15) is 5.26 Å². The van der Waals surface area contributed by atoms with Crippen LogP contribution >= 0.6 is 0 Å². The van der Waals surface area contributed by atoms with Gasteiger partial charge in [0.15, 0.2) is 0 Å². The number of carbonyl (C=O) groups is 1. The third-order valence-corrected chi connectivity index (χ3v) is 2.23. The Morgan fingerprint density at radius 3 is 2.67 bits per heavy atom. The molecule has 0 saturated carbocycles. The number of rotatable bonds is 3. The Balaban J connectivity index is 2.68. The summed E-state index contributed by atoms with van der Waals surface area (Å²) in [6.45, 7) is 7.36. The lowest BCUT2D eigenvalue weighted by molar-refractivity contribution is -0.152. The Labute approximate surface area is 108 Å². The standard InChI is InChI=1S/C14H18N2O2/c1-10-6-5-7-12(11(10)8-15)16-9-13(17)18-14(2,3)4/h5-7,16H,9H2,1-4H3. The molecule has 0 aromatic heterocycles. The zero-order valence-electron chi connectivity index (χ0n) is 11.2. The fraction of sp³-hybridized carbons (Fsp3) is 0.429. The molecule has 0 amide bonds. The molecule has 0 saturated heterocycles. The molecule has 0 bridgehead atoms. The van der Waals surface area contributed by atoms with Crippen LogP contribution in [-0.4, -0.2) is 18.1 Å². The van der Waals surface area contributed by atoms with Crippen molar-refractivity contribution in [2.45, 2.75) is 33.3 Å². The van der Waals surface area contributed by atoms with Crippen molar-refractivity contribution in [3.8, 4) is 6.07 Å². The second kappa shape index (κ2) is 5.54. The van der Waals surface area contributed by atoms with Gasteiger partial charge in [0.2, 0.25) is 0 Å². The molecule has 0 fully saturated rings. The third-order valence-electron chi connectivity index (χ3n) is 2.23. The Morgan fingerprint density at radius 2 is 2.11 bits per heavy atom. The van der Waals surface area contributed by atoms with E-state index < -0.39 is 5.60 Å². The number of nitrogens with one attached hydrogen (secondary N) is 1. The number of carbonyl (C=O) groups excluding carboxylic acids is 1. The van der Waals surface area contributed by atoms with E-state index in [2.05, 4.69) is 11.4 Å². The number of nitriles is 1. The van der Waals surface area contributed by atoms with Gasteiger partial charge in [0.1, 0.15) is 18.2 Å². The van der Waals surface area contributed by atoms with Gasteiger partial charge in [-0.05, 0) is 39.3 Å². The number of esters is 1. The molecular formula is C14H18N2O2. The summed E-state index contributed by atoms with van der Waals surface area (Å²) in [6, 6.07) is 7.59. The first kappa shape index (κ1) is 14.0. The van der Waals surface area contributed by atoms with Gasteiger partial charge >= 0.3 is 5.97 Å². The Hall–Kier alpha value is -2.02. The van der Waals surface area contributed by atoms with Crippen LogP contribution in [0.3, 0.4) is 0 Å². The number of hydrogen-bond donors (Lipinski definition) is 1. The summed E-state index contributed by atoms with van der Waals surface area (Å²) >= 11 is 0. The average molecular weight is 246 g/mol. The van der Waals surface area contributed by atoms with Gasteiger partial charge in [-0.3, -0.25) is 4.79 Å². The number of nitrogens with zero attached hydrogens (tertiary/aromatic N) is 1. The second-order valence-corrected chi connectivity index (χ2v) is 5.05. The van der Waals surface area contributed by atoms with E-state index in [0.717, 1.165) is 5.56 Å². The first-order valence-corrected chi connectivity index (χ1v) is 5.79. The van der Waals surface area contributed by atoms with Gasteiger partial charge in [-0.1, -0.05) is 12.1 Å². The van der Waals surface area contributed by atoms with Crippen LogP contribution < -0.4 is 5.32 Å². The molecule has 0 heterocycles. The molecule has 0 aliphatic heterocycles. The molecule has 0 aliphatic carbocycles. The molecular weight excluding hydrogens is 228 g/mol. The molecule has 0 unspecified atom stereocenters. The lowest BCUT2D eigenvalue weighted by Crippen LogP contribution is -2.28. The van der Waals surface area contributed by atoms with Crippen molar-refractivity contribution >= 4 is 11.7 Å². The van der Waals surface area contributed by atoms with E-state index in [4.69, 9.17) is 10.00 Å². The van der Waals surface area contributed by atoms with Gasteiger partial charge in [0.05, 0.1) is 11.3 Å². The smallest absolute Gasteiger partial charge is 0.325 e. The Bertz CT molecular complexity index is 482. The molecule has 18 heavy (non-hydrogen) atoms. The van der Waals surface area contributed by atoms with Crippen molar-refractivity contribution in [3.63, 3.8) is 0 Å². The van der Waals surface area contributed by atoms with Gasteiger partial charge in [-0.25, -0.2) is 0 Å². The van der Waals surface area contributed by atoms with Crippen molar-refractivity contribution < 1.29 is 9.53 Å². The fourth-order valence-electron chi connectivity index (χ4n) is 1.51. The molecule has 1 N–H and O–H groups in total. The van der Waals surface area contributed by atoms with E-state index >= 15 is 0 Å². The van der Waals surface area contributed by atoms with Crippen molar-refractivity contribution in [2.24, 2.45) is 0 Å². The second-order valence-electron chi connectivity index (χ2n) is 5.05. The summed E-state index contributed by atoms with van der Waals surface area (Å²) in [7, 11) is 0. The molecule has 1 rings (SSSR count). The van der Waals surface area contributed by atoms with Gasteiger partial charge in [-0.15, -0.1) is 0 Å². The van der Waals surface area contributed by atoms with E-state index in [1.54, 1.807) is 6.07 Å². The average Bonchev–Trinajstić information content (AvgIpc) is 2.24. The largest absolute Gasteiger partial charge is 0.459 e. The van der Waals surface area contributed by atoms with Crippen LogP contribution in [0.15, 0.2) is 18.2 Å². The highest BCUT2D eigenvalue weighted by Gasteiger charge is 2.16. The zero-order valence-corrected chi connectivity index (χ0v) is 11.2. The number of hydrogen-bond acceptors (Lipinski definition) is 4. The lowest BCUT2D eigenvalue weighted by Gasteiger charge is -2.20. The molecule has 4 heteroatoms. The van der Waals surface area contributed by atoms with Crippen LogP contribution in [0, 0.1) is 18.3 Å². The molecule has 0 atom stereocenters. The summed E-state index contributed by atoms with van der Waals surface area (Å²) in [5, 5.41) is 12.0. The molecule has 4 nitrogen and oxygen atoms in total. The minimum Gasteiger partial charge on any atom is -0.459 e. The highest BCUT2D eigenvalue weighted by Crippen LogP contribution is 2.18. The predicted molar refractivity (Wildman–Crippen MR) is 70.2 cm³/mol. The van der Waals surface area contributed by atoms with Crippen LogP contribution in [0.2, 0.25) is 0 Å².